The van der Waals surface area contributed by atoms with E-state index < -0.39 is 0 Å². The summed E-state index contributed by atoms with van der Waals surface area (Å²) < 4.78 is 16.4. The lowest BCUT2D eigenvalue weighted by atomic mass is 10.1. The van der Waals surface area contributed by atoms with Crippen molar-refractivity contribution in [2.24, 2.45) is 0 Å². The van der Waals surface area contributed by atoms with E-state index in [0.717, 1.165) is 41.7 Å². The van der Waals surface area contributed by atoms with Gasteiger partial charge in [-0.3, -0.25) is 0 Å². The van der Waals surface area contributed by atoms with Gasteiger partial charge in [-0.25, -0.2) is 0 Å². The summed E-state index contributed by atoms with van der Waals surface area (Å²) in [6, 6.07) is 9.61. The molecule has 4 nitrogen and oxygen atoms in total. The van der Waals surface area contributed by atoms with Gasteiger partial charge >= 0.3 is 0 Å². The number of methoxy groups -OCH3 is 2. The first kappa shape index (κ1) is 13.5. The van der Waals surface area contributed by atoms with Crippen LogP contribution in [0, 0.1) is 0 Å². The molecular weight excluding hydrogens is 242 g/mol. The van der Waals surface area contributed by atoms with E-state index in [1.54, 1.807) is 14.2 Å². The van der Waals surface area contributed by atoms with Gasteiger partial charge in [-0.1, -0.05) is 6.92 Å². The van der Waals surface area contributed by atoms with Gasteiger partial charge in [0.15, 0.2) is 0 Å². The molecule has 0 spiro atoms. The molecule has 2 rings (SSSR count). The Bertz CT molecular complexity index is 534. The van der Waals surface area contributed by atoms with Crippen LogP contribution >= 0.6 is 0 Å². The monoisotopic (exact) mass is 261 g/mol. The van der Waals surface area contributed by atoms with Crippen molar-refractivity contribution < 1.29 is 13.9 Å². The minimum Gasteiger partial charge on any atom is -0.497 e. The Labute approximate surface area is 113 Å². The molecule has 1 aromatic heterocycles. The molecule has 0 radical (unpaired) electrons. The predicted molar refractivity (Wildman–Crippen MR) is 74.6 cm³/mol. The van der Waals surface area contributed by atoms with Crippen LogP contribution in [-0.4, -0.2) is 20.8 Å². The Morgan fingerprint density at radius 3 is 2.63 bits per heavy atom. The standard InChI is InChI=1S/C15H19NO3/c1-4-16-10-12-6-8-14(19-12)13-7-5-11(17-2)9-15(13)18-3/h5-9,16H,4,10H2,1-3H3. The molecule has 102 valence electrons. The highest BCUT2D eigenvalue weighted by Gasteiger charge is 2.11. The third-order valence-electron chi connectivity index (χ3n) is 2.89. The van der Waals surface area contributed by atoms with E-state index in [1.165, 1.54) is 0 Å². The zero-order valence-electron chi connectivity index (χ0n) is 11.5. The Hall–Kier alpha value is -1.94. The number of nitrogens with one attached hydrogen (secondary N) is 1. The van der Waals surface area contributed by atoms with Gasteiger partial charge in [0.05, 0.1) is 26.3 Å². The third-order valence-corrected chi connectivity index (χ3v) is 2.89. The molecule has 0 bridgehead atoms. The van der Waals surface area contributed by atoms with Crippen LogP contribution in [0.15, 0.2) is 34.7 Å². The van der Waals surface area contributed by atoms with Gasteiger partial charge in [-0.2, -0.15) is 0 Å². The first-order valence-corrected chi connectivity index (χ1v) is 6.30. The van der Waals surface area contributed by atoms with Gasteiger partial charge in [0.25, 0.3) is 0 Å². The molecule has 4 heteroatoms. The van der Waals surface area contributed by atoms with Crippen LogP contribution in [0.4, 0.5) is 0 Å². The average molecular weight is 261 g/mol. The maximum atomic E-state index is 5.80. The second-order valence-corrected chi connectivity index (χ2v) is 4.11. The first-order valence-electron chi connectivity index (χ1n) is 6.30. The molecule has 0 aliphatic carbocycles. The smallest absolute Gasteiger partial charge is 0.138 e. The van der Waals surface area contributed by atoms with Crippen LogP contribution in [0.3, 0.4) is 0 Å². The largest absolute Gasteiger partial charge is 0.497 e. The molecule has 0 aliphatic heterocycles. The molecule has 0 unspecified atom stereocenters. The van der Waals surface area contributed by atoms with E-state index in [4.69, 9.17) is 13.9 Å². The molecule has 0 fully saturated rings. The van der Waals surface area contributed by atoms with Crippen LogP contribution < -0.4 is 14.8 Å². The minimum atomic E-state index is 0.731. The van der Waals surface area contributed by atoms with Crippen molar-refractivity contribution in [1.29, 1.82) is 0 Å². The highest BCUT2D eigenvalue weighted by molar-refractivity contribution is 5.67. The van der Waals surface area contributed by atoms with Crippen molar-refractivity contribution in [1.82, 2.24) is 5.32 Å². The zero-order valence-corrected chi connectivity index (χ0v) is 11.5. The van der Waals surface area contributed by atoms with E-state index in [9.17, 15) is 0 Å². The fraction of sp³-hybridized carbons (Fsp3) is 0.333. The second-order valence-electron chi connectivity index (χ2n) is 4.11. The van der Waals surface area contributed by atoms with Gasteiger partial charge in [-0.15, -0.1) is 0 Å². The van der Waals surface area contributed by atoms with Crippen LogP contribution in [0.5, 0.6) is 11.5 Å². The Balaban J connectivity index is 2.27. The molecule has 0 amide bonds. The molecule has 1 heterocycles. The van der Waals surface area contributed by atoms with E-state index in [2.05, 4.69) is 12.2 Å². The summed E-state index contributed by atoms with van der Waals surface area (Å²) in [7, 11) is 3.27. The number of furan rings is 1. The van der Waals surface area contributed by atoms with Gasteiger partial charge in [0, 0.05) is 6.07 Å². The summed E-state index contributed by atoms with van der Waals surface area (Å²) >= 11 is 0. The fourth-order valence-electron chi connectivity index (χ4n) is 1.87. The van der Waals surface area contributed by atoms with E-state index >= 15 is 0 Å². The van der Waals surface area contributed by atoms with Crippen molar-refractivity contribution in [3.8, 4) is 22.8 Å². The summed E-state index contributed by atoms with van der Waals surface area (Å²) in [5, 5.41) is 3.23. The Kier molecular flexibility index (Phi) is 4.47. The number of hydrogen-bond donors (Lipinski definition) is 1. The van der Waals surface area contributed by atoms with E-state index in [-0.39, 0.29) is 0 Å². The van der Waals surface area contributed by atoms with Crippen molar-refractivity contribution in [2.75, 3.05) is 20.8 Å². The van der Waals surface area contributed by atoms with Gasteiger partial charge in [0.1, 0.15) is 23.0 Å². The number of benzene rings is 1. The lowest BCUT2D eigenvalue weighted by Crippen LogP contribution is -2.10. The molecule has 1 aromatic carbocycles. The molecule has 19 heavy (non-hydrogen) atoms. The number of hydrogen-bond acceptors (Lipinski definition) is 4. The maximum Gasteiger partial charge on any atom is 0.138 e. The lowest BCUT2D eigenvalue weighted by molar-refractivity contribution is 0.394. The second kappa shape index (κ2) is 6.29. The van der Waals surface area contributed by atoms with Gasteiger partial charge in [-0.05, 0) is 30.8 Å². The molecule has 0 saturated carbocycles. The van der Waals surface area contributed by atoms with E-state index in [0.29, 0.717) is 0 Å². The molecule has 1 N–H and O–H groups in total. The highest BCUT2D eigenvalue weighted by Crippen LogP contribution is 2.34. The van der Waals surface area contributed by atoms with Crippen molar-refractivity contribution in [2.45, 2.75) is 13.5 Å². The van der Waals surface area contributed by atoms with Crippen LogP contribution in [0.2, 0.25) is 0 Å². The summed E-state index contributed by atoms with van der Waals surface area (Å²) in [5.74, 6) is 3.21. The van der Waals surface area contributed by atoms with Crippen LogP contribution in [0.25, 0.3) is 11.3 Å². The van der Waals surface area contributed by atoms with Crippen molar-refractivity contribution in [3.63, 3.8) is 0 Å². The predicted octanol–water partition coefficient (Wildman–Crippen LogP) is 3.07. The topological polar surface area (TPSA) is 43.6 Å². The molecule has 0 atom stereocenters. The summed E-state index contributed by atoms with van der Waals surface area (Å²) in [4.78, 5) is 0. The summed E-state index contributed by atoms with van der Waals surface area (Å²) in [5.41, 5.74) is 0.922. The van der Waals surface area contributed by atoms with Crippen molar-refractivity contribution in [3.05, 3.63) is 36.1 Å². The van der Waals surface area contributed by atoms with Crippen LogP contribution in [0.1, 0.15) is 12.7 Å². The third kappa shape index (κ3) is 3.09. The van der Waals surface area contributed by atoms with Gasteiger partial charge in [0.2, 0.25) is 0 Å². The number of ether oxygens (including phenoxy) is 2. The Morgan fingerprint density at radius 1 is 1.11 bits per heavy atom. The first-order chi connectivity index (χ1) is 9.28. The molecule has 0 aliphatic rings. The average Bonchev–Trinajstić information content (AvgIpc) is 2.92. The Morgan fingerprint density at radius 2 is 1.95 bits per heavy atom. The van der Waals surface area contributed by atoms with E-state index in [1.807, 2.05) is 30.3 Å². The maximum absolute atomic E-state index is 5.80. The van der Waals surface area contributed by atoms with Crippen LogP contribution in [-0.2, 0) is 6.54 Å². The molecule has 0 saturated heterocycles. The molecule has 2 aromatic rings. The van der Waals surface area contributed by atoms with Crippen molar-refractivity contribution >= 4 is 0 Å². The lowest BCUT2D eigenvalue weighted by Gasteiger charge is -2.08. The fourth-order valence-corrected chi connectivity index (χ4v) is 1.87. The summed E-state index contributed by atoms with van der Waals surface area (Å²) in [6.45, 7) is 3.72. The highest BCUT2D eigenvalue weighted by atomic mass is 16.5. The SMILES string of the molecule is CCNCc1ccc(-c2ccc(OC)cc2OC)o1. The molecular formula is C15H19NO3. The number of rotatable bonds is 6. The quantitative estimate of drug-likeness (QED) is 0.868. The zero-order chi connectivity index (χ0) is 13.7. The summed E-state index contributed by atoms with van der Waals surface area (Å²) in [6.07, 6.45) is 0. The van der Waals surface area contributed by atoms with Gasteiger partial charge < -0.3 is 19.2 Å². The minimum absolute atomic E-state index is 0.731. The normalized spacial score (nSPS) is 10.5.